The Bertz CT molecular complexity index is 854. The monoisotopic (exact) mass is 406 g/mol. The Morgan fingerprint density at radius 2 is 1.73 bits per heavy atom. The summed E-state index contributed by atoms with van der Waals surface area (Å²) < 4.78 is 0. The first-order valence-corrected chi connectivity index (χ1v) is 10.9. The summed E-state index contributed by atoms with van der Waals surface area (Å²) in [5.41, 5.74) is 6.91. The Hall–Kier alpha value is -2.75. The maximum absolute atomic E-state index is 7.71. The van der Waals surface area contributed by atoms with Gasteiger partial charge in [-0.2, -0.15) is 0 Å². The van der Waals surface area contributed by atoms with Gasteiger partial charge in [-0.1, -0.05) is 44.4 Å². The highest BCUT2D eigenvalue weighted by Gasteiger charge is 2.11. The molecule has 1 aliphatic carbocycles. The molecule has 2 rings (SSSR count). The number of unbranched alkanes of at least 4 members (excludes halogenated alkanes) is 3. The molecule has 0 radical (unpaired) electrons. The molecule has 30 heavy (non-hydrogen) atoms. The summed E-state index contributed by atoms with van der Waals surface area (Å²) in [6.45, 7) is 13.6. The van der Waals surface area contributed by atoms with Crippen LogP contribution in [0, 0.1) is 17.7 Å². The van der Waals surface area contributed by atoms with Crippen LogP contribution in [0.5, 0.6) is 0 Å². The second-order valence-corrected chi connectivity index (χ2v) is 7.63. The van der Waals surface area contributed by atoms with Crippen molar-refractivity contribution in [1.29, 1.82) is 10.8 Å². The van der Waals surface area contributed by atoms with E-state index in [1.807, 2.05) is 45.0 Å². The molecular formula is C26H38N4. The Labute approximate surface area is 182 Å². The van der Waals surface area contributed by atoms with E-state index < -0.39 is 0 Å². The average molecular weight is 407 g/mol. The fourth-order valence-electron chi connectivity index (χ4n) is 2.88. The molecule has 4 heteroatoms. The third kappa shape index (κ3) is 8.73. The summed E-state index contributed by atoms with van der Waals surface area (Å²) in [5.74, 6) is 0. The molecule has 0 bridgehead atoms. The number of allylic oxidation sites excluding steroid dienone is 8. The third-order valence-corrected chi connectivity index (χ3v) is 5.15. The predicted molar refractivity (Wildman–Crippen MR) is 131 cm³/mol. The van der Waals surface area contributed by atoms with Gasteiger partial charge in [0.2, 0.25) is 0 Å². The molecule has 4 nitrogen and oxygen atoms in total. The van der Waals surface area contributed by atoms with Crippen LogP contribution in [0.25, 0.3) is 5.57 Å². The molecule has 0 amide bonds. The maximum atomic E-state index is 7.71. The Balaban J connectivity index is 0.000000352. The summed E-state index contributed by atoms with van der Waals surface area (Å²) in [6, 6.07) is 5.96. The molecule has 1 aromatic heterocycles. The number of aryl methyl sites for hydroxylation is 1. The minimum Gasteiger partial charge on any atom is -0.389 e. The predicted octanol–water partition coefficient (Wildman–Crippen LogP) is 6.80. The highest BCUT2D eigenvalue weighted by atomic mass is 14.9. The van der Waals surface area contributed by atoms with Crippen molar-refractivity contribution in [2.45, 2.75) is 67.2 Å². The minimum absolute atomic E-state index is 0.252. The van der Waals surface area contributed by atoms with E-state index in [0.29, 0.717) is 0 Å². The van der Waals surface area contributed by atoms with Gasteiger partial charge < -0.3 is 5.32 Å². The van der Waals surface area contributed by atoms with Crippen LogP contribution in [-0.2, 0) is 0 Å². The fourth-order valence-corrected chi connectivity index (χ4v) is 2.88. The van der Waals surface area contributed by atoms with E-state index in [1.54, 1.807) is 12.2 Å². The largest absolute Gasteiger partial charge is 0.389 e. The van der Waals surface area contributed by atoms with Crippen molar-refractivity contribution in [1.82, 2.24) is 10.3 Å². The highest BCUT2D eigenvalue weighted by Crippen LogP contribution is 2.24. The topological polar surface area (TPSA) is 72.6 Å². The quantitative estimate of drug-likeness (QED) is 0.328. The normalized spacial score (nSPS) is 14.6. The molecule has 0 aromatic carbocycles. The lowest BCUT2D eigenvalue weighted by molar-refractivity contribution is 0.635. The molecule has 0 atom stereocenters. The van der Waals surface area contributed by atoms with Gasteiger partial charge in [0.1, 0.15) is 0 Å². The zero-order chi connectivity index (χ0) is 22.5. The molecule has 162 valence electrons. The second-order valence-electron chi connectivity index (χ2n) is 7.63. The highest BCUT2D eigenvalue weighted by molar-refractivity contribution is 6.49. The number of rotatable bonds is 8. The van der Waals surface area contributed by atoms with Crippen molar-refractivity contribution in [2.75, 3.05) is 6.54 Å². The number of aromatic nitrogens is 1. The van der Waals surface area contributed by atoms with Gasteiger partial charge in [-0.05, 0) is 82.0 Å². The zero-order valence-electron chi connectivity index (χ0n) is 19.5. The first kappa shape index (κ1) is 25.3. The molecule has 1 heterocycles. The lowest BCUT2D eigenvalue weighted by Gasteiger charge is -2.12. The van der Waals surface area contributed by atoms with Crippen LogP contribution in [0.1, 0.15) is 71.7 Å². The molecule has 0 spiro atoms. The number of hydrogen-bond donors (Lipinski definition) is 3. The molecule has 0 fully saturated rings. The zero-order valence-corrected chi connectivity index (χ0v) is 19.5. The van der Waals surface area contributed by atoms with Crippen LogP contribution in [0.3, 0.4) is 0 Å². The molecule has 1 aliphatic rings. The number of nitrogens with one attached hydrogen (secondary N) is 3. The average Bonchev–Trinajstić information content (AvgIpc) is 2.74. The third-order valence-electron chi connectivity index (χ3n) is 5.15. The molecular weight excluding hydrogens is 368 g/mol. The summed E-state index contributed by atoms with van der Waals surface area (Å²) in [4.78, 5) is 4.52. The van der Waals surface area contributed by atoms with Crippen molar-refractivity contribution >= 4 is 17.0 Å². The maximum Gasteiger partial charge on any atom is 0.0795 e. The molecule has 0 saturated heterocycles. The van der Waals surface area contributed by atoms with Gasteiger partial charge in [0.25, 0.3) is 0 Å². The smallest absolute Gasteiger partial charge is 0.0795 e. The number of hydrogen-bond acceptors (Lipinski definition) is 4. The standard InChI is InChI=1S/C16H17N3.C10H21N/c1-10-5-4-6-16(19-10)12(3)11(2)13-7-8-14(17)15(18)9-13;1-4-6-7-8-9-11-10(3)5-2/h4-9,17-18H,1-3H3;5,11H,4,6-9H2,1-3H3/b12-11-,17-14?,18-15?;10-5+. The van der Waals surface area contributed by atoms with Gasteiger partial charge in [0.05, 0.1) is 17.1 Å². The van der Waals surface area contributed by atoms with E-state index >= 15 is 0 Å². The molecule has 0 unspecified atom stereocenters. The van der Waals surface area contributed by atoms with E-state index in [1.165, 1.54) is 31.4 Å². The lowest BCUT2D eigenvalue weighted by Crippen LogP contribution is -2.11. The lowest BCUT2D eigenvalue weighted by atomic mass is 9.94. The summed E-state index contributed by atoms with van der Waals surface area (Å²) in [7, 11) is 0. The molecule has 0 saturated carbocycles. The summed E-state index contributed by atoms with van der Waals surface area (Å²) >= 11 is 0. The molecule has 1 aromatic rings. The van der Waals surface area contributed by atoms with Gasteiger partial charge in [-0.25, -0.2) is 0 Å². The Kier molecular flexibility index (Phi) is 11.4. The van der Waals surface area contributed by atoms with Crippen LogP contribution in [-0.4, -0.2) is 23.0 Å². The second kappa shape index (κ2) is 13.5. The van der Waals surface area contributed by atoms with Gasteiger partial charge in [-0.3, -0.25) is 15.8 Å². The Morgan fingerprint density at radius 3 is 2.33 bits per heavy atom. The van der Waals surface area contributed by atoms with E-state index in [-0.39, 0.29) is 11.4 Å². The van der Waals surface area contributed by atoms with Crippen molar-refractivity contribution in [3.8, 4) is 0 Å². The van der Waals surface area contributed by atoms with Gasteiger partial charge in [-0.15, -0.1) is 0 Å². The number of nitrogens with zero attached hydrogens (tertiary/aromatic N) is 1. The van der Waals surface area contributed by atoms with Crippen LogP contribution in [0.4, 0.5) is 0 Å². The van der Waals surface area contributed by atoms with Crippen molar-refractivity contribution < 1.29 is 0 Å². The number of pyridine rings is 1. The van der Waals surface area contributed by atoms with E-state index in [0.717, 1.165) is 34.7 Å². The van der Waals surface area contributed by atoms with Crippen LogP contribution in [0.2, 0.25) is 0 Å². The summed E-state index contributed by atoms with van der Waals surface area (Å²) in [5, 5.41) is 18.6. The van der Waals surface area contributed by atoms with Crippen molar-refractivity contribution in [3.05, 3.63) is 70.7 Å². The fraction of sp³-hybridized carbons (Fsp3) is 0.423. The van der Waals surface area contributed by atoms with E-state index in [4.69, 9.17) is 10.8 Å². The van der Waals surface area contributed by atoms with Gasteiger partial charge in [0.15, 0.2) is 0 Å². The van der Waals surface area contributed by atoms with Crippen molar-refractivity contribution in [2.24, 2.45) is 0 Å². The van der Waals surface area contributed by atoms with E-state index in [9.17, 15) is 0 Å². The van der Waals surface area contributed by atoms with Crippen molar-refractivity contribution in [3.63, 3.8) is 0 Å². The summed E-state index contributed by atoms with van der Waals surface area (Å²) in [6.07, 6.45) is 12.8. The Morgan fingerprint density at radius 1 is 1.00 bits per heavy atom. The van der Waals surface area contributed by atoms with Gasteiger partial charge >= 0.3 is 0 Å². The van der Waals surface area contributed by atoms with Crippen LogP contribution in [0.15, 0.2) is 59.3 Å². The SMILES string of the molecule is C/C(C1=CC(=N)C(=N)C=C1)=C(\C)c1cccc(C)n1.C/C=C(\C)NCCCCCC. The van der Waals surface area contributed by atoms with Crippen LogP contribution < -0.4 is 5.32 Å². The van der Waals surface area contributed by atoms with Crippen LogP contribution >= 0.6 is 0 Å². The van der Waals surface area contributed by atoms with Gasteiger partial charge in [0, 0.05) is 17.9 Å². The molecule has 3 N–H and O–H groups in total. The molecule has 0 aliphatic heterocycles. The minimum atomic E-state index is 0.252. The van der Waals surface area contributed by atoms with E-state index in [2.05, 4.69) is 37.1 Å². The first-order chi connectivity index (χ1) is 14.3. The first-order valence-electron chi connectivity index (χ1n) is 10.9.